The molecule has 2 heterocycles. The van der Waals surface area contributed by atoms with Crippen LogP contribution >= 0.6 is 22.9 Å². The summed E-state index contributed by atoms with van der Waals surface area (Å²) in [7, 11) is 0. The van der Waals surface area contributed by atoms with E-state index in [2.05, 4.69) is 0 Å². The molecule has 1 saturated heterocycles. The Morgan fingerprint density at radius 1 is 1.47 bits per heavy atom. The Labute approximate surface area is 111 Å². The van der Waals surface area contributed by atoms with Crippen molar-refractivity contribution in [2.24, 2.45) is 5.92 Å². The summed E-state index contributed by atoms with van der Waals surface area (Å²) in [5.41, 5.74) is -0.665. The minimum Gasteiger partial charge on any atom is -0.369 e. The van der Waals surface area contributed by atoms with E-state index in [1.54, 1.807) is 6.07 Å². The zero-order chi connectivity index (χ0) is 12.8. The quantitative estimate of drug-likeness (QED) is 0.755. The Hall–Kier alpha value is -0.380. The van der Waals surface area contributed by atoms with Gasteiger partial charge in [0.1, 0.15) is 0 Å². The number of thiophene rings is 1. The van der Waals surface area contributed by atoms with E-state index in [0.717, 1.165) is 6.42 Å². The number of ketones is 1. The van der Waals surface area contributed by atoms with Crippen molar-refractivity contribution in [2.75, 3.05) is 0 Å². The maximum absolute atomic E-state index is 12.5. The number of rotatable bonds is 2. The van der Waals surface area contributed by atoms with Crippen LogP contribution in [0, 0.1) is 5.92 Å². The Bertz CT molecular complexity index is 448. The van der Waals surface area contributed by atoms with Crippen molar-refractivity contribution in [3.05, 3.63) is 21.3 Å². The highest BCUT2D eigenvalue weighted by Gasteiger charge is 2.49. The van der Waals surface area contributed by atoms with Crippen molar-refractivity contribution >= 4 is 28.7 Å². The van der Waals surface area contributed by atoms with Gasteiger partial charge < -0.3 is 4.74 Å². The Morgan fingerprint density at radius 2 is 2.12 bits per heavy atom. The fraction of sp³-hybridized carbons (Fsp3) is 0.615. The minimum absolute atomic E-state index is 0.112. The molecule has 1 aromatic heterocycles. The van der Waals surface area contributed by atoms with Crippen LogP contribution in [0.15, 0.2) is 11.4 Å². The van der Waals surface area contributed by atoms with Gasteiger partial charge in [-0.25, -0.2) is 0 Å². The van der Waals surface area contributed by atoms with Crippen LogP contribution in [0.2, 0.25) is 5.02 Å². The van der Waals surface area contributed by atoms with E-state index in [-0.39, 0.29) is 17.3 Å². The van der Waals surface area contributed by atoms with Gasteiger partial charge in [0.2, 0.25) is 0 Å². The molecular formula is C13H17ClO2S. The molecule has 0 bridgehead atoms. The average molecular weight is 273 g/mol. The van der Waals surface area contributed by atoms with Gasteiger partial charge in [-0.05, 0) is 45.6 Å². The monoisotopic (exact) mass is 272 g/mol. The van der Waals surface area contributed by atoms with Crippen LogP contribution in [0.5, 0.6) is 0 Å². The van der Waals surface area contributed by atoms with E-state index < -0.39 is 5.60 Å². The summed E-state index contributed by atoms with van der Waals surface area (Å²) in [6, 6.07) is 1.77. The SMILES string of the molecule is CC1(C)CC(C(=O)c2sccc2Cl)C(C)(C)O1. The van der Waals surface area contributed by atoms with E-state index in [9.17, 15) is 4.79 Å². The molecule has 4 heteroatoms. The topological polar surface area (TPSA) is 26.3 Å². The van der Waals surface area contributed by atoms with Crippen LogP contribution in [-0.2, 0) is 4.74 Å². The van der Waals surface area contributed by atoms with Gasteiger partial charge in [-0.2, -0.15) is 0 Å². The highest BCUT2D eigenvalue weighted by molar-refractivity contribution is 7.12. The fourth-order valence-electron chi connectivity index (χ4n) is 2.60. The van der Waals surface area contributed by atoms with Crippen LogP contribution in [-0.4, -0.2) is 17.0 Å². The summed E-state index contributed by atoms with van der Waals surface area (Å²) in [5.74, 6) is -0.00535. The third kappa shape index (κ3) is 2.42. The molecule has 1 aliphatic heterocycles. The second-order valence-electron chi connectivity index (χ2n) is 5.68. The number of hydrogen-bond donors (Lipinski definition) is 0. The lowest BCUT2D eigenvalue weighted by Gasteiger charge is -2.26. The molecule has 17 heavy (non-hydrogen) atoms. The van der Waals surface area contributed by atoms with Crippen molar-refractivity contribution in [3.8, 4) is 0 Å². The van der Waals surface area contributed by atoms with Gasteiger partial charge in [0.05, 0.1) is 27.0 Å². The van der Waals surface area contributed by atoms with Crippen molar-refractivity contribution in [2.45, 2.75) is 45.3 Å². The summed E-state index contributed by atoms with van der Waals surface area (Å²) in [6.07, 6.45) is 0.743. The first kappa shape index (κ1) is 13.1. The van der Waals surface area contributed by atoms with Crippen LogP contribution in [0.3, 0.4) is 0 Å². The lowest BCUT2D eigenvalue weighted by atomic mass is 9.83. The van der Waals surface area contributed by atoms with Crippen LogP contribution < -0.4 is 0 Å². The molecule has 1 aliphatic rings. The van der Waals surface area contributed by atoms with Crippen LogP contribution in [0.4, 0.5) is 0 Å². The maximum atomic E-state index is 12.5. The average Bonchev–Trinajstić information content (AvgIpc) is 2.66. The standard InChI is InChI=1S/C13H17ClO2S/c1-12(2)7-8(13(3,4)16-12)10(15)11-9(14)5-6-17-11/h5-6,8H,7H2,1-4H3. The first-order valence-electron chi connectivity index (χ1n) is 5.70. The van der Waals surface area contributed by atoms with E-state index >= 15 is 0 Å². The normalized spacial score (nSPS) is 26.1. The molecule has 0 amide bonds. The molecule has 0 aromatic carbocycles. The predicted molar refractivity (Wildman–Crippen MR) is 71.0 cm³/mol. The lowest BCUT2D eigenvalue weighted by Crippen LogP contribution is -2.33. The highest BCUT2D eigenvalue weighted by Crippen LogP contribution is 2.44. The first-order chi connectivity index (χ1) is 7.73. The Balaban J connectivity index is 2.30. The second-order valence-corrected chi connectivity index (χ2v) is 7.01. The highest BCUT2D eigenvalue weighted by atomic mass is 35.5. The molecule has 0 aliphatic carbocycles. The number of ether oxygens (including phenoxy) is 1. The predicted octanol–water partition coefficient (Wildman–Crippen LogP) is 4.18. The molecular weight excluding hydrogens is 256 g/mol. The molecule has 1 unspecified atom stereocenters. The first-order valence-corrected chi connectivity index (χ1v) is 6.96. The summed E-state index contributed by atoms with van der Waals surface area (Å²) in [4.78, 5) is 13.1. The Morgan fingerprint density at radius 3 is 2.53 bits per heavy atom. The minimum atomic E-state index is -0.423. The third-order valence-electron chi connectivity index (χ3n) is 3.23. The molecule has 2 nitrogen and oxygen atoms in total. The third-order valence-corrected chi connectivity index (χ3v) is 4.59. The fourth-order valence-corrected chi connectivity index (χ4v) is 3.74. The number of hydrogen-bond acceptors (Lipinski definition) is 3. The smallest absolute Gasteiger partial charge is 0.180 e. The molecule has 1 atom stereocenters. The molecule has 0 spiro atoms. The van der Waals surface area contributed by atoms with Gasteiger partial charge in [-0.15, -0.1) is 11.3 Å². The summed E-state index contributed by atoms with van der Waals surface area (Å²) < 4.78 is 5.95. The zero-order valence-electron chi connectivity index (χ0n) is 10.5. The van der Waals surface area contributed by atoms with Crippen LogP contribution in [0.25, 0.3) is 0 Å². The summed E-state index contributed by atoms with van der Waals surface area (Å²) >= 11 is 7.43. The number of carbonyl (C=O) groups excluding carboxylic acids is 1. The molecule has 1 fully saturated rings. The number of halogens is 1. The zero-order valence-corrected chi connectivity index (χ0v) is 12.1. The van der Waals surface area contributed by atoms with E-state index in [1.807, 2.05) is 33.1 Å². The number of Topliss-reactive ketones (excluding diaryl/α,β-unsaturated/α-hetero) is 1. The number of carbonyl (C=O) groups is 1. The van der Waals surface area contributed by atoms with E-state index in [1.165, 1.54) is 11.3 Å². The lowest BCUT2D eigenvalue weighted by molar-refractivity contribution is -0.0712. The second kappa shape index (κ2) is 4.08. The summed E-state index contributed by atoms with van der Waals surface area (Å²) in [5, 5.41) is 2.41. The molecule has 1 aromatic rings. The molecule has 94 valence electrons. The molecule has 0 saturated carbocycles. The largest absolute Gasteiger partial charge is 0.369 e. The molecule has 0 radical (unpaired) electrons. The summed E-state index contributed by atoms with van der Waals surface area (Å²) in [6.45, 7) is 8.01. The van der Waals surface area contributed by atoms with E-state index in [4.69, 9.17) is 16.3 Å². The van der Waals surface area contributed by atoms with Crippen molar-refractivity contribution in [1.29, 1.82) is 0 Å². The van der Waals surface area contributed by atoms with Gasteiger partial charge in [0.25, 0.3) is 0 Å². The van der Waals surface area contributed by atoms with Gasteiger partial charge >= 0.3 is 0 Å². The van der Waals surface area contributed by atoms with Gasteiger partial charge in [0, 0.05) is 0 Å². The van der Waals surface area contributed by atoms with Gasteiger partial charge in [0.15, 0.2) is 5.78 Å². The van der Waals surface area contributed by atoms with Crippen molar-refractivity contribution in [3.63, 3.8) is 0 Å². The van der Waals surface area contributed by atoms with Gasteiger partial charge in [-0.3, -0.25) is 4.79 Å². The van der Waals surface area contributed by atoms with Crippen LogP contribution in [0.1, 0.15) is 43.8 Å². The molecule has 2 rings (SSSR count). The van der Waals surface area contributed by atoms with Crippen molar-refractivity contribution < 1.29 is 9.53 Å². The van der Waals surface area contributed by atoms with E-state index in [0.29, 0.717) is 9.90 Å². The Kier molecular flexibility index (Phi) is 3.13. The molecule has 0 N–H and O–H groups in total. The van der Waals surface area contributed by atoms with Crippen molar-refractivity contribution in [1.82, 2.24) is 0 Å². The maximum Gasteiger partial charge on any atom is 0.180 e. The van der Waals surface area contributed by atoms with Gasteiger partial charge in [-0.1, -0.05) is 11.6 Å².